The average Bonchev–Trinajstić information content (AvgIpc) is 2.46. The van der Waals surface area contributed by atoms with Gasteiger partial charge in [-0.3, -0.25) is 0 Å². The molecule has 0 spiro atoms. The van der Waals surface area contributed by atoms with E-state index in [1.165, 1.54) is 19.6 Å². The van der Waals surface area contributed by atoms with E-state index in [1.807, 2.05) is 0 Å². The van der Waals surface area contributed by atoms with E-state index < -0.39 is 10.9 Å². The van der Waals surface area contributed by atoms with Crippen LogP contribution >= 0.6 is 0 Å². The maximum atomic E-state index is 11.4. The predicted molar refractivity (Wildman–Crippen MR) is 68.1 cm³/mol. The fourth-order valence-electron chi connectivity index (χ4n) is 2.56. The van der Waals surface area contributed by atoms with Gasteiger partial charge in [-0.25, -0.2) is 4.79 Å². The number of nitro groups is 1. The second-order valence-electron chi connectivity index (χ2n) is 4.69. The van der Waals surface area contributed by atoms with Gasteiger partial charge in [0.2, 0.25) is 0 Å². The molecule has 102 valence electrons. The number of aromatic nitrogens is 1. The normalized spacial score (nSPS) is 16.1. The Morgan fingerprint density at radius 1 is 1.37 bits per heavy atom. The first-order valence-electron chi connectivity index (χ1n) is 6.37. The predicted octanol–water partition coefficient (Wildman–Crippen LogP) is 2.82. The Bertz CT molecular complexity index is 495. The second-order valence-corrected chi connectivity index (χ2v) is 4.69. The van der Waals surface area contributed by atoms with Crippen LogP contribution in [0.25, 0.3) is 0 Å². The van der Waals surface area contributed by atoms with Gasteiger partial charge in [-0.15, -0.1) is 0 Å². The molecule has 0 bridgehead atoms. The summed E-state index contributed by atoms with van der Waals surface area (Å²) >= 11 is 0. The molecule has 1 saturated carbocycles. The third-order valence-electron chi connectivity index (χ3n) is 3.52. The molecule has 19 heavy (non-hydrogen) atoms. The van der Waals surface area contributed by atoms with E-state index >= 15 is 0 Å². The van der Waals surface area contributed by atoms with Gasteiger partial charge in [0.25, 0.3) is 5.69 Å². The first-order chi connectivity index (χ1) is 9.13. The minimum Gasteiger partial charge on any atom is -0.463 e. The Morgan fingerprint density at radius 3 is 2.63 bits per heavy atom. The quantitative estimate of drug-likeness (QED) is 0.476. The maximum absolute atomic E-state index is 11.4. The Kier molecular flexibility index (Phi) is 4.09. The van der Waals surface area contributed by atoms with Crippen molar-refractivity contribution in [2.45, 2.75) is 38.0 Å². The molecule has 0 aliphatic heterocycles. The molecule has 1 aromatic rings. The smallest absolute Gasteiger partial charge is 0.382 e. The monoisotopic (exact) mass is 264 g/mol. The number of ether oxygens (including phenoxy) is 1. The van der Waals surface area contributed by atoms with Crippen LogP contribution in [-0.4, -0.2) is 23.0 Å². The number of hydrogen-bond donors (Lipinski definition) is 0. The van der Waals surface area contributed by atoms with Crippen LogP contribution in [0, 0.1) is 10.1 Å². The lowest BCUT2D eigenvalue weighted by molar-refractivity contribution is -0.390. The molecule has 1 aliphatic carbocycles. The number of methoxy groups -OCH3 is 1. The van der Waals surface area contributed by atoms with Crippen molar-refractivity contribution < 1.29 is 14.5 Å². The number of hydrogen-bond acceptors (Lipinski definition) is 5. The molecule has 1 aromatic heterocycles. The molecule has 6 nitrogen and oxygen atoms in total. The molecule has 0 amide bonds. The van der Waals surface area contributed by atoms with Crippen molar-refractivity contribution in [1.82, 2.24) is 4.98 Å². The molecule has 0 unspecified atom stereocenters. The van der Waals surface area contributed by atoms with E-state index in [-0.39, 0.29) is 17.4 Å². The van der Waals surface area contributed by atoms with Gasteiger partial charge in [0.05, 0.1) is 12.7 Å². The Labute approximate surface area is 110 Å². The van der Waals surface area contributed by atoms with Gasteiger partial charge < -0.3 is 14.9 Å². The summed E-state index contributed by atoms with van der Waals surface area (Å²) in [4.78, 5) is 25.8. The molecule has 0 aromatic carbocycles. The highest BCUT2D eigenvalue weighted by atomic mass is 16.6. The van der Waals surface area contributed by atoms with Gasteiger partial charge in [-0.1, -0.05) is 19.3 Å². The summed E-state index contributed by atoms with van der Waals surface area (Å²) in [5.41, 5.74) is 0.617. The van der Waals surface area contributed by atoms with Crippen LogP contribution in [-0.2, 0) is 4.74 Å². The van der Waals surface area contributed by atoms with Crippen molar-refractivity contribution in [1.29, 1.82) is 0 Å². The van der Waals surface area contributed by atoms with Gasteiger partial charge in [-0.05, 0) is 40.8 Å². The lowest BCUT2D eigenvalue weighted by atomic mass is 9.84. The van der Waals surface area contributed by atoms with E-state index in [9.17, 15) is 14.9 Å². The second kappa shape index (κ2) is 5.77. The zero-order valence-corrected chi connectivity index (χ0v) is 10.8. The van der Waals surface area contributed by atoms with Crippen molar-refractivity contribution >= 4 is 11.8 Å². The van der Waals surface area contributed by atoms with E-state index in [1.54, 1.807) is 6.07 Å². The van der Waals surface area contributed by atoms with Gasteiger partial charge >= 0.3 is 11.8 Å². The summed E-state index contributed by atoms with van der Waals surface area (Å²) in [6.07, 6.45) is 5.24. The number of pyridine rings is 1. The third-order valence-corrected chi connectivity index (χ3v) is 3.52. The standard InChI is InChI=1S/C13H16N2O4/c1-19-13(16)11-8-7-10(12(14-11)15(17)18)9-5-3-2-4-6-9/h7-9H,2-6H2,1H3. The van der Waals surface area contributed by atoms with Crippen LogP contribution in [0.15, 0.2) is 12.1 Å². The van der Waals surface area contributed by atoms with Crippen molar-refractivity contribution in [2.24, 2.45) is 0 Å². The van der Waals surface area contributed by atoms with Crippen LogP contribution in [0.1, 0.15) is 54.1 Å². The van der Waals surface area contributed by atoms with Crippen LogP contribution in [0.5, 0.6) is 0 Å². The number of esters is 1. The first kappa shape index (κ1) is 13.5. The van der Waals surface area contributed by atoms with E-state index in [0.717, 1.165) is 25.7 Å². The largest absolute Gasteiger partial charge is 0.463 e. The molecular weight excluding hydrogens is 248 g/mol. The van der Waals surface area contributed by atoms with Crippen molar-refractivity contribution in [2.75, 3.05) is 7.11 Å². The van der Waals surface area contributed by atoms with Gasteiger partial charge in [0, 0.05) is 0 Å². The maximum Gasteiger partial charge on any atom is 0.382 e. The van der Waals surface area contributed by atoms with Crippen molar-refractivity contribution in [3.05, 3.63) is 33.5 Å². The topological polar surface area (TPSA) is 82.3 Å². The number of carbonyl (C=O) groups excluding carboxylic acids is 1. The number of rotatable bonds is 3. The molecule has 0 atom stereocenters. The summed E-state index contributed by atoms with van der Waals surface area (Å²) in [6.45, 7) is 0. The highest BCUT2D eigenvalue weighted by Crippen LogP contribution is 2.36. The zero-order chi connectivity index (χ0) is 13.8. The van der Waals surface area contributed by atoms with Crippen LogP contribution in [0.4, 0.5) is 5.82 Å². The Balaban J connectivity index is 2.37. The average molecular weight is 264 g/mol. The van der Waals surface area contributed by atoms with Gasteiger partial charge in [0.15, 0.2) is 0 Å². The van der Waals surface area contributed by atoms with Crippen molar-refractivity contribution in [3.63, 3.8) is 0 Å². The molecule has 6 heteroatoms. The molecule has 0 N–H and O–H groups in total. The number of nitrogens with zero attached hydrogens (tertiary/aromatic N) is 2. The van der Waals surface area contributed by atoms with Crippen LogP contribution < -0.4 is 0 Å². The number of carbonyl (C=O) groups is 1. The summed E-state index contributed by atoms with van der Waals surface area (Å²) in [5, 5.41) is 11.1. The molecule has 0 radical (unpaired) electrons. The van der Waals surface area contributed by atoms with E-state index in [0.29, 0.717) is 5.56 Å². The summed E-state index contributed by atoms with van der Waals surface area (Å²) in [5.74, 6) is -0.693. The molecule has 1 heterocycles. The third kappa shape index (κ3) is 2.89. The Morgan fingerprint density at radius 2 is 2.05 bits per heavy atom. The van der Waals surface area contributed by atoms with Crippen LogP contribution in [0.3, 0.4) is 0 Å². The van der Waals surface area contributed by atoms with E-state index in [4.69, 9.17) is 0 Å². The Hall–Kier alpha value is -1.98. The van der Waals surface area contributed by atoms with Gasteiger partial charge in [0.1, 0.15) is 0 Å². The van der Waals surface area contributed by atoms with Crippen molar-refractivity contribution in [3.8, 4) is 0 Å². The SMILES string of the molecule is COC(=O)c1ccc(C2CCCCC2)c([N+](=O)[O-])n1. The molecule has 1 aliphatic rings. The first-order valence-corrected chi connectivity index (χ1v) is 6.37. The summed E-state index contributed by atoms with van der Waals surface area (Å²) in [6, 6.07) is 3.15. The lowest BCUT2D eigenvalue weighted by Gasteiger charge is -2.21. The minimum absolute atomic E-state index is 0.0197. The highest BCUT2D eigenvalue weighted by molar-refractivity contribution is 5.87. The summed E-state index contributed by atoms with van der Waals surface area (Å²) in [7, 11) is 1.23. The lowest BCUT2D eigenvalue weighted by Crippen LogP contribution is -2.12. The zero-order valence-electron chi connectivity index (χ0n) is 10.8. The van der Waals surface area contributed by atoms with E-state index in [2.05, 4.69) is 9.72 Å². The molecular formula is C13H16N2O4. The molecule has 2 rings (SSSR count). The minimum atomic E-state index is -0.654. The summed E-state index contributed by atoms with van der Waals surface area (Å²) < 4.78 is 4.53. The van der Waals surface area contributed by atoms with Crippen LogP contribution in [0.2, 0.25) is 0 Å². The molecule has 1 fully saturated rings. The molecule has 0 saturated heterocycles. The van der Waals surface area contributed by atoms with Gasteiger partial charge in [-0.2, -0.15) is 0 Å². The fourth-order valence-corrected chi connectivity index (χ4v) is 2.56. The fraction of sp³-hybridized carbons (Fsp3) is 0.538. The highest BCUT2D eigenvalue weighted by Gasteiger charge is 2.27.